The molecule has 0 spiro atoms. The summed E-state index contributed by atoms with van der Waals surface area (Å²) in [6.07, 6.45) is 1.10. The fourth-order valence-corrected chi connectivity index (χ4v) is 2.14. The molecule has 1 aromatic rings. The Hall–Kier alpha value is -1.55. The molecule has 18 heavy (non-hydrogen) atoms. The first kappa shape index (κ1) is 12.9. The molecule has 1 amide bonds. The van der Waals surface area contributed by atoms with Crippen molar-refractivity contribution < 1.29 is 14.7 Å². The highest BCUT2D eigenvalue weighted by Gasteiger charge is 2.48. The van der Waals surface area contributed by atoms with E-state index >= 15 is 0 Å². The number of carboxylic acid groups (broad SMARTS) is 1. The normalized spacial score (nSPS) is 21.4. The second kappa shape index (κ2) is 5.40. The van der Waals surface area contributed by atoms with Crippen LogP contribution in [0.25, 0.3) is 0 Å². The molecule has 0 saturated heterocycles. The van der Waals surface area contributed by atoms with Crippen molar-refractivity contribution in [1.82, 2.24) is 5.32 Å². The number of carboxylic acids is 1. The first-order valence-electron chi connectivity index (χ1n) is 5.83. The molecule has 4 nitrogen and oxygen atoms in total. The first-order valence-corrected chi connectivity index (χ1v) is 6.21. The number of hydrogen-bond donors (Lipinski definition) is 2. The molecule has 1 aliphatic carbocycles. The summed E-state index contributed by atoms with van der Waals surface area (Å²) in [6, 6.07) is 7.46. The Bertz CT molecular complexity index is 475. The summed E-state index contributed by atoms with van der Waals surface area (Å²) >= 11 is 5.99. The standard InChI is InChI=1S/C13H14ClNO3/c14-11-4-2-1-3-8(11)5-6-15-12(16)9-7-10(9)13(17)18/h1-4,9-10H,5-7H2,(H,15,16)(H,17,18)/t9-,10+/m0/s1. The fraction of sp³-hybridized carbons (Fsp3) is 0.385. The predicted octanol–water partition coefficient (Wildman–Crippen LogP) is 1.72. The Morgan fingerprint density at radius 2 is 2.06 bits per heavy atom. The minimum atomic E-state index is -0.888. The molecule has 1 saturated carbocycles. The van der Waals surface area contributed by atoms with Gasteiger partial charge in [-0.2, -0.15) is 0 Å². The minimum Gasteiger partial charge on any atom is -0.481 e. The van der Waals surface area contributed by atoms with Gasteiger partial charge in [0.05, 0.1) is 11.8 Å². The number of nitrogens with one attached hydrogen (secondary N) is 1. The zero-order valence-corrected chi connectivity index (χ0v) is 10.5. The third-order valence-corrected chi connectivity index (χ3v) is 3.46. The van der Waals surface area contributed by atoms with E-state index in [1.165, 1.54) is 0 Å². The second-order valence-electron chi connectivity index (χ2n) is 4.42. The van der Waals surface area contributed by atoms with Crippen LogP contribution in [0.4, 0.5) is 0 Å². The number of halogens is 1. The minimum absolute atomic E-state index is 0.172. The molecule has 0 unspecified atom stereocenters. The summed E-state index contributed by atoms with van der Waals surface area (Å²) in [4.78, 5) is 22.2. The number of carbonyl (C=O) groups excluding carboxylic acids is 1. The molecule has 0 aromatic heterocycles. The summed E-state index contributed by atoms with van der Waals surface area (Å²) in [5, 5.41) is 12.1. The van der Waals surface area contributed by atoms with Gasteiger partial charge in [0.15, 0.2) is 0 Å². The molecular formula is C13H14ClNO3. The van der Waals surface area contributed by atoms with Crippen LogP contribution >= 0.6 is 11.6 Å². The van der Waals surface area contributed by atoms with Crippen LogP contribution in [0, 0.1) is 11.8 Å². The molecule has 2 atom stereocenters. The second-order valence-corrected chi connectivity index (χ2v) is 4.83. The fourth-order valence-electron chi connectivity index (χ4n) is 1.91. The van der Waals surface area contributed by atoms with Gasteiger partial charge in [0.25, 0.3) is 0 Å². The lowest BCUT2D eigenvalue weighted by molar-refractivity contribution is -0.140. The Morgan fingerprint density at radius 1 is 1.33 bits per heavy atom. The van der Waals surface area contributed by atoms with Crippen LogP contribution in [0.1, 0.15) is 12.0 Å². The average Bonchev–Trinajstić information content (AvgIpc) is 3.11. The van der Waals surface area contributed by atoms with Crippen molar-refractivity contribution in [1.29, 1.82) is 0 Å². The van der Waals surface area contributed by atoms with Gasteiger partial charge in [0, 0.05) is 11.6 Å². The third kappa shape index (κ3) is 3.01. The van der Waals surface area contributed by atoms with Crippen LogP contribution < -0.4 is 5.32 Å². The van der Waals surface area contributed by atoms with Crippen LogP contribution in [0.15, 0.2) is 24.3 Å². The molecular weight excluding hydrogens is 254 g/mol. The summed E-state index contributed by atoms with van der Waals surface area (Å²) in [7, 11) is 0. The molecule has 0 radical (unpaired) electrons. The van der Waals surface area contributed by atoms with Crippen molar-refractivity contribution in [2.45, 2.75) is 12.8 Å². The van der Waals surface area contributed by atoms with Gasteiger partial charge in [0.2, 0.25) is 5.91 Å². The maximum atomic E-state index is 11.6. The van der Waals surface area contributed by atoms with Crippen molar-refractivity contribution >= 4 is 23.5 Å². The number of carbonyl (C=O) groups is 2. The van der Waals surface area contributed by atoms with Gasteiger partial charge in [0.1, 0.15) is 0 Å². The number of rotatable bonds is 5. The molecule has 2 N–H and O–H groups in total. The van der Waals surface area contributed by atoms with E-state index in [2.05, 4.69) is 5.32 Å². The average molecular weight is 268 g/mol. The molecule has 2 rings (SSSR count). The molecule has 0 bridgehead atoms. The van der Waals surface area contributed by atoms with Crippen LogP contribution in [-0.2, 0) is 16.0 Å². The van der Waals surface area contributed by atoms with E-state index in [1.807, 2.05) is 18.2 Å². The highest BCUT2D eigenvalue weighted by atomic mass is 35.5. The summed E-state index contributed by atoms with van der Waals surface area (Å²) in [5.74, 6) is -1.91. The van der Waals surface area contributed by atoms with Gasteiger partial charge in [-0.3, -0.25) is 9.59 Å². The van der Waals surface area contributed by atoms with Crippen LogP contribution in [0.2, 0.25) is 5.02 Å². The van der Waals surface area contributed by atoms with Crippen molar-refractivity contribution in [3.63, 3.8) is 0 Å². The zero-order valence-electron chi connectivity index (χ0n) is 9.73. The van der Waals surface area contributed by atoms with Crippen molar-refractivity contribution in [2.75, 3.05) is 6.54 Å². The van der Waals surface area contributed by atoms with Gasteiger partial charge < -0.3 is 10.4 Å². The molecule has 1 fully saturated rings. The van der Waals surface area contributed by atoms with E-state index in [0.717, 1.165) is 5.56 Å². The Morgan fingerprint density at radius 3 is 2.67 bits per heavy atom. The van der Waals surface area contributed by atoms with Crippen molar-refractivity contribution in [2.24, 2.45) is 11.8 Å². The molecule has 1 aliphatic rings. The lowest BCUT2D eigenvalue weighted by Crippen LogP contribution is -2.28. The summed E-state index contributed by atoms with van der Waals surface area (Å²) in [5.41, 5.74) is 0.977. The first-order chi connectivity index (χ1) is 8.59. The maximum Gasteiger partial charge on any atom is 0.307 e. The number of benzene rings is 1. The predicted molar refractivity (Wildman–Crippen MR) is 67.4 cm³/mol. The third-order valence-electron chi connectivity index (χ3n) is 3.10. The SMILES string of the molecule is O=C(NCCc1ccccc1Cl)[C@H]1C[C@H]1C(=O)O. The number of hydrogen-bond acceptors (Lipinski definition) is 2. The Kier molecular flexibility index (Phi) is 3.87. The Labute approximate surface area is 110 Å². The van der Waals surface area contributed by atoms with E-state index in [0.29, 0.717) is 24.4 Å². The van der Waals surface area contributed by atoms with E-state index in [-0.39, 0.29) is 11.8 Å². The van der Waals surface area contributed by atoms with Gasteiger partial charge in [-0.15, -0.1) is 0 Å². The lowest BCUT2D eigenvalue weighted by Gasteiger charge is -2.06. The number of aliphatic carboxylic acids is 1. The van der Waals surface area contributed by atoms with Crippen molar-refractivity contribution in [3.05, 3.63) is 34.9 Å². The van der Waals surface area contributed by atoms with Crippen molar-refractivity contribution in [3.8, 4) is 0 Å². The molecule has 5 heteroatoms. The van der Waals surface area contributed by atoms with Gasteiger partial charge in [-0.25, -0.2) is 0 Å². The smallest absolute Gasteiger partial charge is 0.307 e. The maximum absolute atomic E-state index is 11.6. The van der Waals surface area contributed by atoms with E-state index in [1.54, 1.807) is 6.07 Å². The topological polar surface area (TPSA) is 66.4 Å². The van der Waals surface area contributed by atoms with Gasteiger partial charge in [-0.05, 0) is 24.5 Å². The molecule has 96 valence electrons. The number of amides is 1. The van der Waals surface area contributed by atoms with E-state index < -0.39 is 11.9 Å². The van der Waals surface area contributed by atoms with Gasteiger partial charge in [-0.1, -0.05) is 29.8 Å². The monoisotopic (exact) mass is 267 g/mol. The summed E-state index contributed by atoms with van der Waals surface area (Å²) in [6.45, 7) is 0.478. The highest BCUT2D eigenvalue weighted by molar-refractivity contribution is 6.31. The van der Waals surface area contributed by atoms with E-state index in [4.69, 9.17) is 16.7 Å². The van der Waals surface area contributed by atoms with Crippen LogP contribution in [-0.4, -0.2) is 23.5 Å². The lowest BCUT2D eigenvalue weighted by atomic mass is 10.1. The zero-order chi connectivity index (χ0) is 13.1. The van der Waals surface area contributed by atoms with E-state index in [9.17, 15) is 9.59 Å². The largest absolute Gasteiger partial charge is 0.481 e. The molecule has 1 aromatic carbocycles. The summed E-state index contributed by atoms with van der Waals surface area (Å²) < 4.78 is 0. The van der Waals surface area contributed by atoms with Gasteiger partial charge >= 0.3 is 5.97 Å². The van der Waals surface area contributed by atoms with Crippen LogP contribution in [0.5, 0.6) is 0 Å². The Balaban J connectivity index is 1.75. The molecule has 0 heterocycles. The van der Waals surface area contributed by atoms with Crippen LogP contribution in [0.3, 0.4) is 0 Å². The highest BCUT2D eigenvalue weighted by Crippen LogP contribution is 2.38. The quantitative estimate of drug-likeness (QED) is 0.854. The molecule has 0 aliphatic heterocycles.